The zero-order valence-corrected chi connectivity index (χ0v) is 14.9. The highest BCUT2D eigenvalue weighted by Gasteiger charge is 2.53. The first-order chi connectivity index (χ1) is 13.6. The minimum atomic E-state index is -1.18. The molecule has 0 fully saturated rings. The maximum absolute atomic E-state index is 12.8. The molecule has 0 saturated carbocycles. The van der Waals surface area contributed by atoms with Gasteiger partial charge in [-0.2, -0.15) is 0 Å². The average Bonchev–Trinajstić information content (AvgIpc) is 2.99. The van der Waals surface area contributed by atoms with Crippen molar-refractivity contribution in [2.45, 2.75) is 5.60 Å². The molecular formula is C22H15NO5. The van der Waals surface area contributed by atoms with Gasteiger partial charge in [-0.15, -0.1) is 0 Å². The highest BCUT2D eigenvalue weighted by atomic mass is 16.6. The van der Waals surface area contributed by atoms with Gasteiger partial charge in [-0.1, -0.05) is 12.1 Å². The number of aldehydes is 1. The van der Waals surface area contributed by atoms with Crippen LogP contribution in [0.4, 0.5) is 5.69 Å². The standard InChI is InChI=1S/C22H15NO5/c1-26-14-4-7-18-20(10-14)27-19-8-12(11-24)2-5-17(19)22(18)16-6-3-13(23)9-15(16)21(25)28-22/h2-11H,23H2,1H3. The Morgan fingerprint density at radius 1 is 0.964 bits per heavy atom. The lowest BCUT2D eigenvalue weighted by molar-refractivity contribution is 0.0224. The quantitative estimate of drug-likeness (QED) is 0.419. The maximum Gasteiger partial charge on any atom is 0.340 e. The van der Waals surface area contributed by atoms with Gasteiger partial charge in [0.05, 0.1) is 12.7 Å². The van der Waals surface area contributed by atoms with Gasteiger partial charge in [0.25, 0.3) is 0 Å². The molecule has 0 radical (unpaired) electrons. The summed E-state index contributed by atoms with van der Waals surface area (Å²) in [5.74, 6) is 1.08. The molecule has 1 unspecified atom stereocenters. The number of rotatable bonds is 2. The number of carbonyl (C=O) groups excluding carboxylic acids is 2. The minimum Gasteiger partial charge on any atom is -0.497 e. The Kier molecular flexibility index (Phi) is 3.27. The van der Waals surface area contributed by atoms with Crippen LogP contribution in [0.15, 0.2) is 54.6 Å². The van der Waals surface area contributed by atoms with Crippen molar-refractivity contribution in [2.24, 2.45) is 0 Å². The molecule has 2 aliphatic heterocycles. The highest BCUT2D eigenvalue weighted by molar-refractivity contribution is 5.98. The van der Waals surface area contributed by atoms with Crippen LogP contribution in [-0.2, 0) is 10.3 Å². The SMILES string of the molecule is COc1ccc2c(c1)Oc1cc(C=O)ccc1C21OC(=O)c2cc(N)ccc21. The monoisotopic (exact) mass is 373 g/mol. The molecule has 1 atom stereocenters. The second-order valence-corrected chi connectivity index (χ2v) is 6.71. The van der Waals surface area contributed by atoms with Crippen LogP contribution < -0.4 is 15.2 Å². The van der Waals surface area contributed by atoms with Crippen LogP contribution in [0, 0.1) is 0 Å². The van der Waals surface area contributed by atoms with E-state index in [1.165, 1.54) is 0 Å². The number of hydrogen-bond acceptors (Lipinski definition) is 6. The van der Waals surface area contributed by atoms with Gasteiger partial charge in [-0.25, -0.2) is 4.79 Å². The summed E-state index contributed by atoms with van der Waals surface area (Å²) in [6.45, 7) is 0. The average molecular weight is 373 g/mol. The van der Waals surface area contributed by atoms with E-state index >= 15 is 0 Å². The van der Waals surface area contributed by atoms with E-state index in [0.29, 0.717) is 50.8 Å². The van der Waals surface area contributed by atoms with Crippen LogP contribution in [0.5, 0.6) is 17.2 Å². The lowest BCUT2D eigenvalue weighted by atomic mass is 9.77. The number of nitrogen functional groups attached to an aromatic ring is 1. The summed E-state index contributed by atoms with van der Waals surface area (Å²) >= 11 is 0. The van der Waals surface area contributed by atoms with Crippen molar-refractivity contribution in [3.63, 3.8) is 0 Å². The molecule has 0 bridgehead atoms. The Balaban J connectivity index is 1.87. The number of hydrogen-bond donors (Lipinski definition) is 1. The van der Waals surface area contributed by atoms with E-state index < -0.39 is 11.6 Å². The van der Waals surface area contributed by atoms with Crippen LogP contribution in [0.2, 0.25) is 0 Å². The van der Waals surface area contributed by atoms with Crippen LogP contribution in [-0.4, -0.2) is 19.4 Å². The topological polar surface area (TPSA) is 87.9 Å². The van der Waals surface area contributed by atoms with Gasteiger partial charge < -0.3 is 19.9 Å². The zero-order chi connectivity index (χ0) is 19.5. The molecular weight excluding hydrogens is 358 g/mol. The number of fused-ring (bicyclic) bond motifs is 6. The van der Waals surface area contributed by atoms with E-state index in [9.17, 15) is 9.59 Å². The van der Waals surface area contributed by atoms with Gasteiger partial charge in [0.1, 0.15) is 23.5 Å². The van der Waals surface area contributed by atoms with Crippen LogP contribution >= 0.6 is 0 Å². The van der Waals surface area contributed by atoms with Crippen LogP contribution in [0.25, 0.3) is 0 Å². The summed E-state index contributed by atoms with van der Waals surface area (Å²) in [5, 5.41) is 0. The predicted octanol–water partition coefficient (Wildman–Crippen LogP) is 3.66. The van der Waals surface area contributed by atoms with Crippen molar-refractivity contribution in [1.82, 2.24) is 0 Å². The maximum atomic E-state index is 12.8. The fraction of sp³-hybridized carbons (Fsp3) is 0.0909. The molecule has 6 heteroatoms. The largest absolute Gasteiger partial charge is 0.497 e. The van der Waals surface area contributed by atoms with Gasteiger partial charge in [-0.05, 0) is 36.4 Å². The number of esters is 1. The summed E-state index contributed by atoms with van der Waals surface area (Å²) in [4.78, 5) is 24.0. The molecule has 3 aromatic rings. The fourth-order valence-corrected chi connectivity index (χ4v) is 3.94. The van der Waals surface area contributed by atoms with Gasteiger partial charge in [-0.3, -0.25) is 4.79 Å². The molecule has 3 aromatic carbocycles. The lowest BCUT2D eigenvalue weighted by Gasteiger charge is -2.36. The van der Waals surface area contributed by atoms with Crippen molar-refractivity contribution in [2.75, 3.05) is 12.8 Å². The van der Waals surface area contributed by atoms with Gasteiger partial charge >= 0.3 is 5.97 Å². The van der Waals surface area contributed by atoms with Gasteiger partial charge in [0.15, 0.2) is 5.60 Å². The molecule has 5 rings (SSSR count). The number of methoxy groups -OCH3 is 1. The van der Waals surface area contributed by atoms with E-state index in [1.807, 2.05) is 6.07 Å². The summed E-state index contributed by atoms with van der Waals surface area (Å²) in [6.07, 6.45) is 0.743. The Labute approximate surface area is 160 Å². The predicted molar refractivity (Wildman–Crippen MR) is 101 cm³/mol. The van der Waals surface area contributed by atoms with Crippen LogP contribution in [0.3, 0.4) is 0 Å². The number of anilines is 1. The highest BCUT2D eigenvalue weighted by Crippen LogP contribution is 2.56. The normalized spacial score (nSPS) is 18.5. The molecule has 0 aromatic heterocycles. The molecule has 2 heterocycles. The van der Waals surface area contributed by atoms with Crippen LogP contribution in [0.1, 0.15) is 37.4 Å². The molecule has 138 valence electrons. The number of carbonyl (C=O) groups is 2. The van der Waals surface area contributed by atoms with Crippen molar-refractivity contribution >= 4 is 17.9 Å². The van der Waals surface area contributed by atoms with Crippen molar-refractivity contribution in [3.05, 3.63) is 82.4 Å². The number of nitrogens with two attached hydrogens (primary N) is 1. The van der Waals surface area contributed by atoms with E-state index in [1.54, 1.807) is 55.6 Å². The molecule has 2 aliphatic rings. The second-order valence-electron chi connectivity index (χ2n) is 6.71. The van der Waals surface area contributed by atoms with E-state index in [-0.39, 0.29) is 0 Å². The first-order valence-electron chi connectivity index (χ1n) is 8.66. The van der Waals surface area contributed by atoms with E-state index in [4.69, 9.17) is 19.9 Å². The Morgan fingerprint density at radius 2 is 1.68 bits per heavy atom. The molecule has 28 heavy (non-hydrogen) atoms. The van der Waals surface area contributed by atoms with E-state index in [2.05, 4.69) is 0 Å². The number of benzene rings is 3. The summed E-state index contributed by atoms with van der Waals surface area (Å²) in [6, 6.07) is 15.6. The lowest BCUT2D eigenvalue weighted by Crippen LogP contribution is -2.33. The fourth-order valence-electron chi connectivity index (χ4n) is 3.94. The minimum absolute atomic E-state index is 0.411. The van der Waals surface area contributed by atoms with Gasteiger partial charge in [0.2, 0.25) is 0 Å². The first-order valence-corrected chi connectivity index (χ1v) is 8.66. The van der Waals surface area contributed by atoms with Gasteiger partial charge in [0, 0.05) is 34.0 Å². The summed E-state index contributed by atoms with van der Waals surface area (Å²) in [7, 11) is 1.56. The molecule has 6 nitrogen and oxygen atoms in total. The second kappa shape index (κ2) is 5.60. The van der Waals surface area contributed by atoms with Crippen molar-refractivity contribution < 1.29 is 23.8 Å². The third-order valence-corrected chi connectivity index (χ3v) is 5.20. The zero-order valence-electron chi connectivity index (χ0n) is 14.9. The third-order valence-electron chi connectivity index (χ3n) is 5.20. The number of ether oxygens (including phenoxy) is 3. The molecule has 0 amide bonds. The third kappa shape index (κ3) is 2.02. The molecule has 0 aliphatic carbocycles. The Morgan fingerprint density at radius 3 is 2.43 bits per heavy atom. The summed E-state index contributed by atoms with van der Waals surface area (Å²) < 4.78 is 17.4. The summed E-state index contributed by atoms with van der Waals surface area (Å²) in [5.41, 5.74) is 8.06. The Hall–Kier alpha value is -3.80. The first kappa shape index (κ1) is 16.4. The molecule has 0 saturated heterocycles. The molecule has 1 spiro atoms. The van der Waals surface area contributed by atoms with Crippen molar-refractivity contribution in [1.29, 1.82) is 0 Å². The van der Waals surface area contributed by atoms with E-state index in [0.717, 1.165) is 6.29 Å². The Bertz CT molecular complexity index is 1170. The van der Waals surface area contributed by atoms with Crippen molar-refractivity contribution in [3.8, 4) is 17.2 Å². The molecule has 2 N–H and O–H groups in total. The smallest absolute Gasteiger partial charge is 0.340 e.